The first-order valence-electron chi connectivity index (χ1n) is 5.72. The molecular weight excluding hydrogens is 337 g/mol. The van der Waals surface area contributed by atoms with Crippen LogP contribution in [-0.4, -0.2) is 0 Å². The van der Waals surface area contributed by atoms with Gasteiger partial charge in [0.25, 0.3) is 0 Å². The van der Waals surface area contributed by atoms with Crippen LogP contribution >= 0.6 is 27.3 Å². The SMILES string of the molecule is Cc1ccsc1C(Br)Cc1ccc(C(F)(F)F)cc1. The van der Waals surface area contributed by atoms with Crippen molar-refractivity contribution in [3.8, 4) is 0 Å². The summed E-state index contributed by atoms with van der Waals surface area (Å²) in [5, 5.41) is 2.02. The second kappa shape index (κ2) is 5.67. The molecule has 0 fully saturated rings. The highest BCUT2D eigenvalue weighted by Crippen LogP contribution is 2.34. The van der Waals surface area contributed by atoms with E-state index in [1.54, 1.807) is 23.5 Å². The van der Waals surface area contributed by atoms with E-state index >= 15 is 0 Å². The first kappa shape index (κ1) is 14.6. The molecule has 0 aliphatic rings. The Bertz CT molecular complexity index is 543. The number of benzene rings is 1. The predicted molar refractivity (Wildman–Crippen MR) is 75.9 cm³/mol. The fraction of sp³-hybridized carbons (Fsp3) is 0.286. The molecule has 1 unspecified atom stereocenters. The maximum absolute atomic E-state index is 12.5. The number of aryl methyl sites for hydroxylation is 1. The highest BCUT2D eigenvalue weighted by Gasteiger charge is 2.30. The Hall–Kier alpha value is -0.810. The minimum atomic E-state index is -4.27. The minimum absolute atomic E-state index is 0.143. The Balaban J connectivity index is 2.10. The largest absolute Gasteiger partial charge is 0.416 e. The van der Waals surface area contributed by atoms with E-state index in [9.17, 15) is 13.2 Å². The summed E-state index contributed by atoms with van der Waals surface area (Å²) in [6.45, 7) is 2.03. The number of halogens is 4. The van der Waals surface area contributed by atoms with E-state index in [2.05, 4.69) is 15.9 Å². The molecule has 0 aliphatic carbocycles. The van der Waals surface area contributed by atoms with Crippen LogP contribution in [0.3, 0.4) is 0 Å². The third-order valence-corrected chi connectivity index (χ3v) is 5.10. The van der Waals surface area contributed by atoms with Crippen LogP contribution in [0.5, 0.6) is 0 Å². The van der Waals surface area contributed by atoms with Gasteiger partial charge in [0.2, 0.25) is 0 Å². The Labute approximate surface area is 122 Å². The molecule has 1 atom stereocenters. The summed E-state index contributed by atoms with van der Waals surface area (Å²) in [4.78, 5) is 1.36. The Kier molecular flexibility index (Phi) is 4.36. The quantitative estimate of drug-likeness (QED) is 0.619. The highest BCUT2D eigenvalue weighted by atomic mass is 79.9. The van der Waals surface area contributed by atoms with Gasteiger partial charge in [-0.3, -0.25) is 0 Å². The van der Waals surface area contributed by atoms with Crippen LogP contribution in [0.15, 0.2) is 35.7 Å². The molecule has 0 spiro atoms. The van der Waals surface area contributed by atoms with Gasteiger partial charge in [-0.2, -0.15) is 13.2 Å². The van der Waals surface area contributed by atoms with Crippen molar-refractivity contribution in [2.75, 3.05) is 0 Å². The van der Waals surface area contributed by atoms with Gasteiger partial charge in [0.05, 0.1) is 10.4 Å². The summed E-state index contributed by atoms with van der Waals surface area (Å²) in [5.41, 5.74) is 1.50. The molecule has 1 aromatic heterocycles. The summed E-state index contributed by atoms with van der Waals surface area (Å²) >= 11 is 5.26. The van der Waals surface area contributed by atoms with Gasteiger partial charge in [0, 0.05) is 4.88 Å². The second-order valence-electron chi connectivity index (χ2n) is 4.33. The Morgan fingerprint density at radius 3 is 2.26 bits per heavy atom. The van der Waals surface area contributed by atoms with E-state index in [0.29, 0.717) is 6.42 Å². The summed E-state index contributed by atoms with van der Waals surface area (Å²) in [6.07, 6.45) is -3.59. The molecular formula is C14H12BrF3S. The zero-order valence-corrected chi connectivity index (χ0v) is 12.6. The van der Waals surface area contributed by atoms with Gasteiger partial charge in [0.15, 0.2) is 0 Å². The number of alkyl halides is 4. The molecule has 2 rings (SSSR count). The fourth-order valence-corrected chi connectivity index (χ4v) is 3.80. The molecule has 102 valence electrons. The van der Waals surface area contributed by atoms with Crippen LogP contribution in [0, 0.1) is 6.92 Å². The van der Waals surface area contributed by atoms with Crippen LogP contribution in [0.4, 0.5) is 13.2 Å². The fourth-order valence-electron chi connectivity index (χ4n) is 1.83. The normalized spacial score (nSPS) is 13.5. The molecule has 0 saturated carbocycles. The third-order valence-electron chi connectivity index (χ3n) is 2.88. The lowest BCUT2D eigenvalue weighted by molar-refractivity contribution is -0.137. The molecule has 0 aliphatic heterocycles. The summed E-state index contributed by atoms with van der Waals surface area (Å²) < 4.78 is 37.4. The van der Waals surface area contributed by atoms with E-state index in [1.165, 1.54) is 10.4 Å². The van der Waals surface area contributed by atoms with E-state index in [0.717, 1.165) is 17.7 Å². The van der Waals surface area contributed by atoms with Crippen molar-refractivity contribution in [2.45, 2.75) is 24.3 Å². The number of hydrogen-bond donors (Lipinski definition) is 0. The van der Waals surface area contributed by atoms with Gasteiger partial charge in [-0.05, 0) is 48.1 Å². The molecule has 0 bridgehead atoms. The lowest BCUT2D eigenvalue weighted by Gasteiger charge is -2.11. The summed E-state index contributed by atoms with van der Waals surface area (Å²) in [5.74, 6) is 0. The van der Waals surface area contributed by atoms with Gasteiger partial charge >= 0.3 is 6.18 Å². The summed E-state index contributed by atoms with van der Waals surface area (Å²) in [6, 6.07) is 7.40. The predicted octanol–water partition coefficient (Wildman–Crippen LogP) is 5.75. The molecule has 1 heterocycles. The van der Waals surface area contributed by atoms with E-state index in [1.807, 2.05) is 18.4 Å². The van der Waals surface area contributed by atoms with Gasteiger partial charge in [0.1, 0.15) is 0 Å². The molecule has 19 heavy (non-hydrogen) atoms. The van der Waals surface area contributed by atoms with Crippen molar-refractivity contribution in [3.63, 3.8) is 0 Å². The topological polar surface area (TPSA) is 0 Å². The van der Waals surface area contributed by atoms with Gasteiger partial charge in [-0.15, -0.1) is 11.3 Å². The molecule has 5 heteroatoms. The summed E-state index contributed by atoms with van der Waals surface area (Å²) in [7, 11) is 0. The van der Waals surface area contributed by atoms with Crippen LogP contribution in [0.25, 0.3) is 0 Å². The van der Waals surface area contributed by atoms with E-state index in [4.69, 9.17) is 0 Å². The molecule has 0 amide bonds. The van der Waals surface area contributed by atoms with E-state index in [-0.39, 0.29) is 4.83 Å². The molecule has 1 aromatic carbocycles. The van der Waals surface area contributed by atoms with Gasteiger partial charge < -0.3 is 0 Å². The maximum Gasteiger partial charge on any atom is 0.416 e. The average Bonchev–Trinajstić information content (AvgIpc) is 2.75. The lowest BCUT2D eigenvalue weighted by atomic mass is 10.1. The lowest BCUT2D eigenvalue weighted by Crippen LogP contribution is -2.04. The van der Waals surface area contributed by atoms with Crippen molar-refractivity contribution >= 4 is 27.3 Å². The first-order chi connectivity index (χ1) is 8.88. The number of thiophene rings is 1. The van der Waals surface area contributed by atoms with Gasteiger partial charge in [-0.25, -0.2) is 0 Å². The second-order valence-corrected chi connectivity index (χ2v) is 6.39. The Morgan fingerprint density at radius 2 is 1.79 bits per heavy atom. The highest BCUT2D eigenvalue weighted by molar-refractivity contribution is 9.09. The number of hydrogen-bond acceptors (Lipinski definition) is 1. The van der Waals surface area contributed by atoms with Crippen LogP contribution in [0.1, 0.15) is 26.4 Å². The van der Waals surface area contributed by atoms with Crippen molar-refractivity contribution in [1.82, 2.24) is 0 Å². The first-order valence-corrected chi connectivity index (χ1v) is 7.51. The van der Waals surface area contributed by atoms with Crippen molar-refractivity contribution in [1.29, 1.82) is 0 Å². The monoisotopic (exact) mass is 348 g/mol. The maximum atomic E-state index is 12.5. The molecule has 2 aromatic rings. The van der Waals surface area contributed by atoms with Crippen LogP contribution < -0.4 is 0 Å². The van der Waals surface area contributed by atoms with E-state index < -0.39 is 11.7 Å². The Morgan fingerprint density at radius 1 is 1.16 bits per heavy atom. The zero-order chi connectivity index (χ0) is 14.0. The van der Waals surface area contributed by atoms with Crippen molar-refractivity contribution < 1.29 is 13.2 Å². The zero-order valence-electron chi connectivity index (χ0n) is 10.2. The minimum Gasteiger partial charge on any atom is -0.166 e. The molecule has 0 saturated heterocycles. The smallest absolute Gasteiger partial charge is 0.166 e. The van der Waals surface area contributed by atoms with Gasteiger partial charge in [-0.1, -0.05) is 28.1 Å². The van der Waals surface area contributed by atoms with Crippen LogP contribution in [0.2, 0.25) is 0 Å². The molecule has 0 radical (unpaired) electrons. The molecule has 0 nitrogen and oxygen atoms in total. The van der Waals surface area contributed by atoms with Crippen molar-refractivity contribution in [3.05, 3.63) is 57.3 Å². The van der Waals surface area contributed by atoms with Crippen LogP contribution in [-0.2, 0) is 12.6 Å². The van der Waals surface area contributed by atoms with Crippen molar-refractivity contribution in [2.24, 2.45) is 0 Å². The standard InChI is InChI=1S/C14H12BrF3S/c1-9-6-7-19-13(9)12(15)8-10-2-4-11(5-3-10)14(16,17)18/h2-7,12H,8H2,1H3. The average molecular weight is 349 g/mol. The molecule has 0 N–H and O–H groups in total. The third kappa shape index (κ3) is 3.60. The number of rotatable bonds is 3.